The average Bonchev–Trinajstić information content (AvgIpc) is 2.36. The van der Waals surface area contributed by atoms with Crippen LogP contribution in [-0.2, 0) is 4.74 Å². The van der Waals surface area contributed by atoms with Crippen molar-refractivity contribution in [2.24, 2.45) is 5.84 Å². The Hall–Kier alpha value is -0.110. The molecule has 1 heterocycles. The van der Waals surface area contributed by atoms with Gasteiger partial charge >= 0.3 is 0 Å². The Bertz CT molecular complexity index is 437. The summed E-state index contributed by atoms with van der Waals surface area (Å²) in [6.07, 6.45) is 3.90. The Morgan fingerprint density at radius 1 is 1.47 bits per heavy atom. The number of rotatable bonds is 3. The first-order valence-corrected chi connectivity index (χ1v) is 7.31. The summed E-state index contributed by atoms with van der Waals surface area (Å²) in [6, 6.07) is 6.25. The lowest BCUT2D eigenvalue weighted by Crippen LogP contribution is -2.30. The van der Waals surface area contributed by atoms with E-state index in [9.17, 15) is 0 Å². The quantitative estimate of drug-likeness (QED) is 0.458. The zero-order valence-electron chi connectivity index (χ0n) is 9.25. The minimum Gasteiger partial charge on any atom is -0.501 e. The first kappa shape index (κ1) is 13.3. The molecule has 1 aliphatic heterocycles. The zero-order chi connectivity index (χ0) is 12.3. The van der Waals surface area contributed by atoms with Gasteiger partial charge < -0.3 is 4.74 Å². The van der Waals surface area contributed by atoms with Crippen LogP contribution in [0.1, 0.15) is 24.4 Å². The maximum absolute atomic E-state index is 5.68. The molecule has 0 bridgehead atoms. The molecule has 2 rings (SSSR count). The molecule has 0 aromatic heterocycles. The molecule has 1 aliphatic rings. The van der Waals surface area contributed by atoms with Gasteiger partial charge in [-0.05, 0) is 64.8 Å². The SMILES string of the molecule is NNC(C1=COCCC1)c1cc(I)ccc1Br. The van der Waals surface area contributed by atoms with Gasteiger partial charge in [0.1, 0.15) is 0 Å². The minimum atomic E-state index is 0.0133. The molecule has 3 N–H and O–H groups in total. The van der Waals surface area contributed by atoms with Crippen molar-refractivity contribution in [3.63, 3.8) is 0 Å². The smallest absolute Gasteiger partial charge is 0.0876 e. The Labute approximate surface area is 123 Å². The highest BCUT2D eigenvalue weighted by Gasteiger charge is 2.20. The standard InChI is InChI=1S/C12H14BrIN2O/c13-11-4-3-9(14)6-10(11)12(16-15)8-2-1-5-17-7-8/h3-4,6-7,12,16H,1-2,5,15H2. The number of halogens is 2. The first-order chi connectivity index (χ1) is 8.22. The lowest BCUT2D eigenvalue weighted by Gasteiger charge is -2.24. The molecule has 0 saturated carbocycles. The van der Waals surface area contributed by atoms with Crippen molar-refractivity contribution in [3.05, 3.63) is 43.6 Å². The summed E-state index contributed by atoms with van der Waals surface area (Å²) in [5.74, 6) is 5.68. The second-order valence-corrected chi connectivity index (χ2v) is 6.03. The van der Waals surface area contributed by atoms with Crippen molar-refractivity contribution in [2.45, 2.75) is 18.9 Å². The highest BCUT2D eigenvalue weighted by atomic mass is 127. The highest BCUT2D eigenvalue weighted by molar-refractivity contribution is 14.1. The zero-order valence-corrected chi connectivity index (χ0v) is 13.0. The van der Waals surface area contributed by atoms with Crippen molar-refractivity contribution >= 4 is 38.5 Å². The normalized spacial score (nSPS) is 17.2. The molecule has 5 heteroatoms. The van der Waals surface area contributed by atoms with E-state index < -0.39 is 0 Å². The third-order valence-electron chi connectivity index (χ3n) is 2.77. The van der Waals surface area contributed by atoms with Gasteiger partial charge in [0.2, 0.25) is 0 Å². The summed E-state index contributed by atoms with van der Waals surface area (Å²) < 4.78 is 7.64. The number of nitrogens with two attached hydrogens (primary N) is 1. The molecule has 17 heavy (non-hydrogen) atoms. The van der Waals surface area contributed by atoms with Crippen molar-refractivity contribution in [1.82, 2.24) is 5.43 Å². The van der Waals surface area contributed by atoms with E-state index in [0.29, 0.717) is 0 Å². The first-order valence-electron chi connectivity index (χ1n) is 5.44. The Morgan fingerprint density at radius 2 is 2.29 bits per heavy atom. The summed E-state index contributed by atoms with van der Waals surface area (Å²) >= 11 is 5.87. The molecular formula is C12H14BrIN2O. The van der Waals surface area contributed by atoms with E-state index in [0.717, 1.165) is 29.5 Å². The van der Waals surface area contributed by atoms with E-state index in [-0.39, 0.29) is 6.04 Å². The second kappa shape index (κ2) is 6.17. The molecule has 0 spiro atoms. The largest absolute Gasteiger partial charge is 0.501 e. The van der Waals surface area contributed by atoms with Crippen LogP contribution >= 0.6 is 38.5 Å². The van der Waals surface area contributed by atoms with Crippen molar-refractivity contribution in [1.29, 1.82) is 0 Å². The van der Waals surface area contributed by atoms with Crippen LogP contribution in [0.2, 0.25) is 0 Å². The third kappa shape index (κ3) is 3.21. The molecule has 3 nitrogen and oxygen atoms in total. The number of hydrogen-bond donors (Lipinski definition) is 2. The van der Waals surface area contributed by atoms with Crippen LogP contribution in [0.3, 0.4) is 0 Å². The van der Waals surface area contributed by atoms with E-state index in [2.05, 4.69) is 56.1 Å². The molecule has 0 fully saturated rings. The van der Waals surface area contributed by atoms with Crippen molar-refractivity contribution in [2.75, 3.05) is 6.61 Å². The predicted molar refractivity (Wildman–Crippen MR) is 80.2 cm³/mol. The summed E-state index contributed by atoms with van der Waals surface area (Å²) in [4.78, 5) is 0. The van der Waals surface area contributed by atoms with Crippen molar-refractivity contribution in [3.8, 4) is 0 Å². The number of ether oxygens (including phenoxy) is 1. The molecule has 1 atom stereocenters. The van der Waals surface area contributed by atoms with E-state index in [1.165, 1.54) is 9.14 Å². The van der Waals surface area contributed by atoms with Gasteiger partial charge in [-0.1, -0.05) is 15.9 Å². The second-order valence-electron chi connectivity index (χ2n) is 3.93. The lowest BCUT2D eigenvalue weighted by atomic mass is 9.96. The van der Waals surface area contributed by atoms with Gasteiger partial charge in [-0.25, -0.2) is 5.43 Å². The molecule has 0 amide bonds. The van der Waals surface area contributed by atoms with Crippen molar-refractivity contribution < 1.29 is 4.74 Å². The van der Waals surface area contributed by atoms with Gasteiger partial charge in [-0.2, -0.15) is 0 Å². The third-order valence-corrected chi connectivity index (χ3v) is 4.16. The van der Waals surface area contributed by atoms with Crippen LogP contribution in [0.4, 0.5) is 0 Å². The Morgan fingerprint density at radius 3 is 2.94 bits per heavy atom. The Kier molecular flexibility index (Phi) is 4.84. The summed E-state index contributed by atoms with van der Waals surface area (Å²) in [5, 5.41) is 0. The Balaban J connectivity index is 2.34. The summed E-state index contributed by atoms with van der Waals surface area (Å²) in [6.45, 7) is 0.800. The molecule has 1 aromatic rings. The fourth-order valence-corrected chi connectivity index (χ4v) is 2.92. The topological polar surface area (TPSA) is 47.3 Å². The monoisotopic (exact) mass is 408 g/mol. The van der Waals surface area contributed by atoms with Gasteiger partial charge in [-0.15, -0.1) is 0 Å². The van der Waals surface area contributed by atoms with E-state index in [4.69, 9.17) is 10.6 Å². The fourth-order valence-electron chi connectivity index (χ4n) is 1.93. The van der Waals surface area contributed by atoms with Gasteiger partial charge in [0.05, 0.1) is 18.9 Å². The molecular weight excluding hydrogens is 395 g/mol. The molecule has 0 aliphatic carbocycles. The summed E-state index contributed by atoms with van der Waals surface area (Å²) in [5.41, 5.74) is 5.22. The molecule has 0 radical (unpaired) electrons. The van der Waals surface area contributed by atoms with Gasteiger partial charge in [0, 0.05) is 8.04 Å². The highest BCUT2D eigenvalue weighted by Crippen LogP contribution is 2.32. The van der Waals surface area contributed by atoms with Crippen LogP contribution in [-0.4, -0.2) is 6.61 Å². The fraction of sp³-hybridized carbons (Fsp3) is 0.333. The molecule has 0 saturated heterocycles. The minimum absolute atomic E-state index is 0.0133. The van der Waals surface area contributed by atoms with Crippen LogP contribution in [0.5, 0.6) is 0 Å². The molecule has 92 valence electrons. The van der Waals surface area contributed by atoms with Crippen LogP contribution in [0.25, 0.3) is 0 Å². The predicted octanol–water partition coefficient (Wildman–Crippen LogP) is 3.25. The van der Waals surface area contributed by atoms with E-state index in [1.54, 1.807) is 0 Å². The van der Waals surface area contributed by atoms with Gasteiger partial charge in [-0.3, -0.25) is 5.84 Å². The number of hydrazine groups is 1. The number of hydrogen-bond acceptors (Lipinski definition) is 3. The number of nitrogens with one attached hydrogen (secondary N) is 1. The van der Waals surface area contributed by atoms with E-state index >= 15 is 0 Å². The van der Waals surface area contributed by atoms with Crippen LogP contribution in [0, 0.1) is 3.57 Å². The molecule has 1 aromatic carbocycles. The molecule has 1 unspecified atom stereocenters. The van der Waals surface area contributed by atoms with Gasteiger partial charge in [0.25, 0.3) is 0 Å². The summed E-state index contributed by atoms with van der Waals surface area (Å²) in [7, 11) is 0. The van der Waals surface area contributed by atoms with Crippen LogP contribution < -0.4 is 11.3 Å². The van der Waals surface area contributed by atoms with Gasteiger partial charge in [0.15, 0.2) is 0 Å². The maximum Gasteiger partial charge on any atom is 0.0876 e. The lowest BCUT2D eigenvalue weighted by molar-refractivity contribution is 0.219. The van der Waals surface area contributed by atoms with E-state index in [1.807, 2.05) is 12.3 Å². The maximum atomic E-state index is 5.68. The number of benzene rings is 1. The van der Waals surface area contributed by atoms with Crippen LogP contribution in [0.15, 0.2) is 34.5 Å². The average molecular weight is 409 g/mol.